The number of halogens is 1. The number of carbonyl (C=O) groups is 1. The fourth-order valence-corrected chi connectivity index (χ4v) is 11.1. The Hall–Kier alpha value is -2.63. The van der Waals surface area contributed by atoms with Crippen LogP contribution in [0.4, 0.5) is 5.69 Å². The van der Waals surface area contributed by atoms with Crippen LogP contribution >= 0.6 is 11.6 Å². The minimum Gasteiger partial charge on any atom is -0.487 e. The molecule has 3 aliphatic rings. The lowest BCUT2D eigenvalue weighted by Gasteiger charge is -2.51. The maximum Gasteiger partial charge on any atom is 0.264 e. The van der Waals surface area contributed by atoms with Crippen LogP contribution in [0.25, 0.3) is 0 Å². The van der Waals surface area contributed by atoms with Gasteiger partial charge in [-0.05, 0) is 156 Å². The van der Waals surface area contributed by atoms with Crippen molar-refractivity contribution in [2.75, 3.05) is 51.9 Å². The molecule has 1 N–H and O–H groups in total. The summed E-state index contributed by atoms with van der Waals surface area (Å²) >= 11 is 6.43. The summed E-state index contributed by atoms with van der Waals surface area (Å²) < 4.78 is 49.2. The van der Waals surface area contributed by atoms with Crippen LogP contribution in [0, 0.1) is 23.7 Å². The number of aryl methyl sites for hydroxylation is 1. The van der Waals surface area contributed by atoms with Crippen LogP contribution in [-0.2, 0) is 32.5 Å². The fourth-order valence-electron chi connectivity index (χ4n) is 9.26. The van der Waals surface area contributed by atoms with Crippen molar-refractivity contribution in [2.24, 2.45) is 23.7 Å². The summed E-state index contributed by atoms with van der Waals surface area (Å²) in [6, 6.07) is 11.8. The van der Waals surface area contributed by atoms with E-state index in [1.165, 1.54) is 5.56 Å². The van der Waals surface area contributed by atoms with Gasteiger partial charge >= 0.3 is 0 Å². The summed E-state index contributed by atoms with van der Waals surface area (Å²) in [6.07, 6.45) is 13.3. The van der Waals surface area contributed by atoms with Crippen LogP contribution in [-0.4, -0.2) is 83.1 Å². The van der Waals surface area contributed by atoms with E-state index in [1.807, 2.05) is 44.4 Å². The van der Waals surface area contributed by atoms with Crippen molar-refractivity contribution in [2.45, 2.75) is 122 Å². The normalized spacial score (nSPS) is 26.9. The maximum absolute atomic E-state index is 14.0. The molecule has 5 rings (SSSR count). The van der Waals surface area contributed by atoms with Crippen LogP contribution in [0.5, 0.6) is 5.75 Å². The van der Waals surface area contributed by atoms with Gasteiger partial charge in [-0.3, -0.25) is 4.79 Å². The first-order valence-electron chi connectivity index (χ1n) is 21.1. The van der Waals surface area contributed by atoms with Crippen molar-refractivity contribution >= 4 is 33.2 Å². The second-order valence-corrected chi connectivity index (χ2v) is 19.4. The second-order valence-electron chi connectivity index (χ2n) is 17.0. The molecule has 1 saturated carbocycles. The minimum absolute atomic E-state index is 0.267. The Kier molecular flexibility index (Phi) is 16.2. The summed E-state index contributed by atoms with van der Waals surface area (Å²) in [5.41, 5.74) is 2.87. The van der Waals surface area contributed by atoms with Gasteiger partial charge in [0.05, 0.1) is 16.5 Å². The third-order valence-electron chi connectivity index (χ3n) is 12.7. The zero-order chi connectivity index (χ0) is 40.5. The summed E-state index contributed by atoms with van der Waals surface area (Å²) in [6.45, 7) is 15.4. The number of fused-ring (bicyclic) bond motifs is 3. The molecule has 6 atom stereocenters. The molecule has 0 saturated heterocycles. The van der Waals surface area contributed by atoms with E-state index in [9.17, 15) is 13.2 Å². The van der Waals surface area contributed by atoms with E-state index >= 15 is 0 Å². The van der Waals surface area contributed by atoms with Gasteiger partial charge in [0.2, 0.25) is 10.0 Å². The SMILES string of the molecule is CCCN(CC[C@H](C)C[C@@]1(OC)/C=C/C[C@H](C)[C@@H](CCOC)S(=O)(=O)NC(=O)c2ccc3c(c2)N(CCCCc2cc(Cl)ccc2CO3)C[C@@H]2CC[C@H]21)C(C)C. The van der Waals surface area contributed by atoms with Crippen molar-refractivity contribution in [3.8, 4) is 5.75 Å². The van der Waals surface area contributed by atoms with Crippen molar-refractivity contribution in [1.82, 2.24) is 9.62 Å². The molecular formula is C45H68ClN3O6S. The van der Waals surface area contributed by atoms with E-state index < -0.39 is 26.8 Å². The first-order valence-corrected chi connectivity index (χ1v) is 23.0. The Bertz CT molecular complexity index is 1740. The highest BCUT2D eigenvalue weighted by Crippen LogP contribution is 2.49. The van der Waals surface area contributed by atoms with Crippen LogP contribution in [0.3, 0.4) is 0 Å². The van der Waals surface area contributed by atoms with Crippen LogP contribution in [0.2, 0.25) is 5.02 Å². The Morgan fingerprint density at radius 1 is 1.07 bits per heavy atom. The van der Waals surface area contributed by atoms with E-state index in [1.54, 1.807) is 13.2 Å². The molecule has 1 amide bonds. The lowest BCUT2D eigenvalue weighted by Crippen LogP contribution is -2.52. The number of amides is 1. The molecule has 0 spiro atoms. The van der Waals surface area contributed by atoms with Crippen molar-refractivity contribution in [3.05, 3.63) is 70.3 Å². The highest BCUT2D eigenvalue weighted by atomic mass is 35.5. The molecule has 312 valence electrons. The highest BCUT2D eigenvalue weighted by Gasteiger charge is 2.48. The zero-order valence-electron chi connectivity index (χ0n) is 35.0. The van der Waals surface area contributed by atoms with Gasteiger partial charge in [0.25, 0.3) is 5.91 Å². The van der Waals surface area contributed by atoms with E-state index in [0.29, 0.717) is 41.7 Å². The number of ether oxygens (including phenoxy) is 3. The van der Waals surface area contributed by atoms with Crippen molar-refractivity contribution in [1.29, 1.82) is 0 Å². The smallest absolute Gasteiger partial charge is 0.264 e. The molecule has 56 heavy (non-hydrogen) atoms. The first kappa shape index (κ1) is 44.5. The van der Waals surface area contributed by atoms with Gasteiger partial charge in [-0.15, -0.1) is 0 Å². The predicted molar refractivity (Wildman–Crippen MR) is 228 cm³/mol. The number of nitrogens with one attached hydrogen (secondary N) is 1. The quantitative estimate of drug-likeness (QED) is 0.212. The van der Waals surface area contributed by atoms with E-state index in [2.05, 4.69) is 54.4 Å². The van der Waals surface area contributed by atoms with Crippen molar-refractivity contribution in [3.63, 3.8) is 0 Å². The monoisotopic (exact) mass is 813 g/mol. The number of nitrogens with zero attached hydrogens (tertiary/aromatic N) is 2. The number of hydrogen-bond acceptors (Lipinski definition) is 8. The summed E-state index contributed by atoms with van der Waals surface area (Å²) in [7, 11) is -0.631. The van der Waals surface area contributed by atoms with E-state index in [0.717, 1.165) is 88.8 Å². The fraction of sp³-hybridized carbons (Fsp3) is 0.667. The number of benzene rings is 2. The Balaban J connectivity index is 1.56. The van der Waals surface area contributed by atoms with E-state index in [-0.39, 0.29) is 30.4 Å². The lowest BCUT2D eigenvalue weighted by molar-refractivity contribution is -0.0881. The maximum atomic E-state index is 14.0. The van der Waals surface area contributed by atoms with Gasteiger partial charge in [-0.25, -0.2) is 13.1 Å². The highest BCUT2D eigenvalue weighted by molar-refractivity contribution is 7.90. The van der Waals surface area contributed by atoms with Gasteiger partial charge in [0, 0.05) is 50.5 Å². The predicted octanol–water partition coefficient (Wildman–Crippen LogP) is 9.07. The van der Waals surface area contributed by atoms with Crippen molar-refractivity contribution < 1.29 is 27.4 Å². The lowest BCUT2D eigenvalue weighted by atomic mass is 9.62. The molecule has 1 fully saturated rings. The Morgan fingerprint density at radius 2 is 1.88 bits per heavy atom. The molecule has 2 aromatic rings. The van der Waals surface area contributed by atoms with Gasteiger partial charge in [0.15, 0.2) is 0 Å². The Morgan fingerprint density at radius 3 is 2.57 bits per heavy atom. The Labute approximate surface area is 342 Å². The second kappa shape index (κ2) is 20.4. The molecule has 2 bridgehead atoms. The number of anilines is 1. The summed E-state index contributed by atoms with van der Waals surface area (Å²) in [5.74, 6) is 0.806. The molecule has 0 radical (unpaired) electrons. The largest absolute Gasteiger partial charge is 0.487 e. The number of methoxy groups -OCH3 is 2. The van der Waals surface area contributed by atoms with E-state index in [4.69, 9.17) is 25.8 Å². The number of rotatable bonds is 12. The van der Waals surface area contributed by atoms with Gasteiger partial charge < -0.3 is 24.0 Å². The number of sulfonamides is 1. The standard InChI is InChI=1S/C45H68ClN3O6S/c1-8-23-48(32(2)3)25-20-33(4)29-45(54-7)22-11-12-34(5)43(21-26-53-6)56(51,52)47-44(50)36-16-19-42-41(28-36)49(30-37-15-18-40(37)45)24-10-9-13-35-27-39(46)17-14-38(35)31-55-42/h11,14,16-17,19,22,27-28,32-34,37,40,43H,8-10,12-13,15,18,20-21,23-26,29-31H2,1-7H3,(H,47,50)/b22-11+/t33-,34-,37-,40+,43+,45-/m0/s1. The zero-order valence-corrected chi connectivity index (χ0v) is 36.6. The minimum atomic E-state index is -4.06. The van der Waals surface area contributed by atoms with Crippen LogP contribution < -0.4 is 14.4 Å². The van der Waals surface area contributed by atoms with Crippen LogP contribution in [0.1, 0.15) is 114 Å². The molecule has 2 aliphatic heterocycles. The van der Waals surface area contributed by atoms with Gasteiger partial charge in [0.1, 0.15) is 12.4 Å². The van der Waals surface area contributed by atoms with Crippen LogP contribution in [0.15, 0.2) is 48.6 Å². The third kappa shape index (κ3) is 11.1. The average molecular weight is 815 g/mol. The topological polar surface area (TPSA) is 97.4 Å². The molecule has 0 unspecified atom stereocenters. The number of carbonyl (C=O) groups excluding carboxylic acids is 1. The molecule has 1 aliphatic carbocycles. The average Bonchev–Trinajstić information content (AvgIpc) is 3.17. The third-order valence-corrected chi connectivity index (χ3v) is 14.9. The summed E-state index contributed by atoms with van der Waals surface area (Å²) in [5, 5.41) is -0.112. The number of allylic oxidation sites excluding steroid dienone is 1. The van der Waals surface area contributed by atoms with Gasteiger partial charge in [-0.1, -0.05) is 50.6 Å². The first-order chi connectivity index (χ1) is 26.8. The molecule has 0 aromatic heterocycles. The molecular weight excluding hydrogens is 746 g/mol. The molecule has 2 aromatic carbocycles. The molecule has 9 nitrogen and oxygen atoms in total. The number of hydrogen-bond donors (Lipinski definition) is 1. The molecule has 11 heteroatoms. The molecule has 2 heterocycles. The van der Waals surface area contributed by atoms with Gasteiger partial charge in [-0.2, -0.15) is 0 Å². The summed E-state index contributed by atoms with van der Waals surface area (Å²) in [4.78, 5) is 18.8.